The van der Waals surface area contributed by atoms with Gasteiger partial charge in [-0.2, -0.15) is 0 Å². The lowest BCUT2D eigenvalue weighted by Gasteiger charge is -2.29. The Morgan fingerprint density at radius 3 is 2.82 bits per heavy atom. The van der Waals surface area contributed by atoms with Crippen LogP contribution in [0.3, 0.4) is 0 Å². The summed E-state index contributed by atoms with van der Waals surface area (Å²) in [6.07, 6.45) is 5.57. The van der Waals surface area contributed by atoms with Crippen molar-refractivity contribution in [3.05, 3.63) is 47.5 Å². The van der Waals surface area contributed by atoms with Gasteiger partial charge < -0.3 is 9.47 Å². The summed E-state index contributed by atoms with van der Waals surface area (Å²) in [6.45, 7) is 2.18. The second kappa shape index (κ2) is 4.95. The molecule has 0 bridgehead atoms. The van der Waals surface area contributed by atoms with Crippen molar-refractivity contribution in [3.8, 4) is 0 Å². The molecule has 5 atom stereocenters. The highest BCUT2D eigenvalue weighted by Gasteiger charge is 2.73. The summed E-state index contributed by atoms with van der Waals surface area (Å²) in [5, 5.41) is 0. The molecule has 2 aliphatic carbocycles. The third kappa shape index (κ3) is 1.95. The Balaban J connectivity index is 1.59. The van der Waals surface area contributed by atoms with Gasteiger partial charge in [0, 0.05) is 0 Å². The number of carbonyl (C=O) groups excluding carboxylic acids is 1. The molecule has 4 rings (SSSR count). The fourth-order valence-corrected chi connectivity index (χ4v) is 4.70. The van der Waals surface area contributed by atoms with Crippen molar-refractivity contribution < 1.29 is 14.3 Å². The van der Waals surface area contributed by atoms with Crippen LogP contribution in [0.5, 0.6) is 0 Å². The smallest absolute Gasteiger partial charge is 0.336 e. The maximum atomic E-state index is 12.2. The van der Waals surface area contributed by atoms with Crippen LogP contribution in [0.25, 0.3) is 0 Å². The average Bonchev–Trinajstić information content (AvgIpc) is 3.20. The van der Waals surface area contributed by atoms with Crippen molar-refractivity contribution in [3.63, 3.8) is 0 Å². The highest BCUT2D eigenvalue weighted by atomic mass is 16.6. The second-order valence-corrected chi connectivity index (χ2v) is 7.00. The molecule has 0 radical (unpaired) electrons. The summed E-state index contributed by atoms with van der Waals surface area (Å²) in [4.78, 5) is 12.2. The van der Waals surface area contributed by atoms with Crippen LogP contribution in [0.4, 0.5) is 0 Å². The Morgan fingerprint density at radius 1 is 1.32 bits per heavy atom. The van der Waals surface area contributed by atoms with Gasteiger partial charge in [-0.3, -0.25) is 0 Å². The molecule has 1 saturated carbocycles. The molecular formula is C19H22O3. The van der Waals surface area contributed by atoms with Gasteiger partial charge in [0.05, 0.1) is 18.8 Å². The topological polar surface area (TPSA) is 38.8 Å². The number of carbonyl (C=O) groups is 1. The van der Waals surface area contributed by atoms with E-state index in [9.17, 15) is 4.79 Å². The minimum atomic E-state index is -0.334. The SMILES string of the molecule is COC(=O)C1=C[C@H](C)C[C@H]2C[C@H](Cc3ccccc3)[C@@H]3O[C@]123. The average molecular weight is 298 g/mol. The van der Waals surface area contributed by atoms with Gasteiger partial charge in [-0.25, -0.2) is 4.79 Å². The number of epoxide rings is 1. The van der Waals surface area contributed by atoms with Crippen LogP contribution < -0.4 is 0 Å². The predicted octanol–water partition coefficient (Wildman–Crippen LogP) is 3.14. The van der Waals surface area contributed by atoms with Gasteiger partial charge >= 0.3 is 5.97 Å². The van der Waals surface area contributed by atoms with E-state index in [4.69, 9.17) is 9.47 Å². The lowest BCUT2D eigenvalue weighted by Crippen LogP contribution is -2.34. The number of esters is 1. The maximum absolute atomic E-state index is 12.2. The van der Waals surface area contributed by atoms with Crippen molar-refractivity contribution in [1.29, 1.82) is 0 Å². The largest absolute Gasteiger partial charge is 0.466 e. The van der Waals surface area contributed by atoms with Gasteiger partial charge in [0.25, 0.3) is 0 Å². The van der Waals surface area contributed by atoms with Gasteiger partial charge in [0.1, 0.15) is 5.60 Å². The van der Waals surface area contributed by atoms with Crippen LogP contribution >= 0.6 is 0 Å². The van der Waals surface area contributed by atoms with E-state index in [1.165, 1.54) is 12.7 Å². The van der Waals surface area contributed by atoms with E-state index >= 15 is 0 Å². The first-order chi connectivity index (χ1) is 10.6. The number of hydrogen-bond donors (Lipinski definition) is 0. The summed E-state index contributed by atoms with van der Waals surface area (Å²) in [7, 11) is 1.46. The van der Waals surface area contributed by atoms with E-state index in [1.807, 2.05) is 6.07 Å². The summed E-state index contributed by atoms with van der Waals surface area (Å²) in [6, 6.07) is 10.6. The Labute approximate surface area is 131 Å². The molecule has 1 aromatic carbocycles. The standard InChI is InChI=1S/C19H22O3/c1-12-8-15-11-14(10-13-6-4-3-5-7-13)17-19(15,22-17)16(9-12)18(20)21-2/h3-7,9,12,14-15,17H,8,10-11H2,1-2H3/t12-,14+,15+,17+,19+/m1/s1. The van der Waals surface area contributed by atoms with Crippen molar-refractivity contribution >= 4 is 5.97 Å². The van der Waals surface area contributed by atoms with Crippen LogP contribution in [-0.4, -0.2) is 24.8 Å². The highest BCUT2D eigenvalue weighted by Crippen LogP contribution is 2.64. The first kappa shape index (κ1) is 14.0. The molecule has 1 spiro atoms. The second-order valence-electron chi connectivity index (χ2n) is 7.00. The molecule has 1 saturated heterocycles. The molecule has 0 unspecified atom stereocenters. The molecule has 3 heteroatoms. The van der Waals surface area contributed by atoms with E-state index in [2.05, 4.69) is 37.3 Å². The van der Waals surface area contributed by atoms with E-state index in [1.54, 1.807) is 0 Å². The fourth-order valence-electron chi connectivity index (χ4n) is 4.70. The molecule has 3 nitrogen and oxygen atoms in total. The number of allylic oxidation sites excluding steroid dienone is 1. The molecule has 3 aliphatic rings. The van der Waals surface area contributed by atoms with E-state index in [-0.39, 0.29) is 17.7 Å². The lowest BCUT2D eigenvalue weighted by molar-refractivity contribution is -0.137. The summed E-state index contributed by atoms with van der Waals surface area (Å²) in [5.74, 6) is 1.18. The Morgan fingerprint density at radius 2 is 2.09 bits per heavy atom. The summed E-state index contributed by atoms with van der Waals surface area (Å²) in [5.41, 5.74) is 1.80. The molecule has 0 N–H and O–H groups in total. The quantitative estimate of drug-likeness (QED) is 0.635. The number of benzene rings is 1. The molecular weight excluding hydrogens is 276 g/mol. The van der Waals surface area contributed by atoms with Crippen LogP contribution in [0.15, 0.2) is 42.0 Å². The third-order valence-electron chi connectivity index (χ3n) is 5.58. The first-order valence-corrected chi connectivity index (χ1v) is 8.17. The van der Waals surface area contributed by atoms with Crippen molar-refractivity contribution in [2.45, 2.75) is 37.9 Å². The lowest BCUT2D eigenvalue weighted by atomic mass is 9.75. The normalized spacial score (nSPS) is 38.7. The van der Waals surface area contributed by atoms with Crippen LogP contribution in [0.2, 0.25) is 0 Å². The zero-order chi connectivity index (χ0) is 15.3. The molecule has 2 fully saturated rings. The zero-order valence-corrected chi connectivity index (χ0v) is 13.1. The number of rotatable bonds is 3. The van der Waals surface area contributed by atoms with Gasteiger partial charge in [-0.15, -0.1) is 0 Å². The van der Waals surface area contributed by atoms with E-state index < -0.39 is 0 Å². The molecule has 0 aromatic heterocycles. The Hall–Kier alpha value is -1.61. The zero-order valence-electron chi connectivity index (χ0n) is 13.1. The molecule has 1 heterocycles. The third-order valence-corrected chi connectivity index (χ3v) is 5.58. The number of ether oxygens (including phenoxy) is 2. The summed E-state index contributed by atoms with van der Waals surface area (Å²) >= 11 is 0. The van der Waals surface area contributed by atoms with Gasteiger partial charge in [-0.1, -0.05) is 43.3 Å². The van der Waals surface area contributed by atoms with Crippen molar-refractivity contribution in [2.24, 2.45) is 17.8 Å². The molecule has 0 amide bonds. The molecule has 116 valence electrons. The van der Waals surface area contributed by atoms with Crippen LogP contribution in [0.1, 0.15) is 25.3 Å². The highest BCUT2D eigenvalue weighted by molar-refractivity contribution is 5.92. The summed E-state index contributed by atoms with van der Waals surface area (Å²) < 4.78 is 11.1. The first-order valence-electron chi connectivity index (χ1n) is 8.17. The number of hydrogen-bond acceptors (Lipinski definition) is 3. The fraction of sp³-hybridized carbons (Fsp3) is 0.526. The van der Waals surface area contributed by atoms with Crippen molar-refractivity contribution in [2.75, 3.05) is 7.11 Å². The van der Waals surface area contributed by atoms with Gasteiger partial charge in [-0.05, 0) is 42.6 Å². The Bertz CT molecular complexity index is 621. The molecule has 1 aromatic rings. The number of methoxy groups -OCH3 is 1. The van der Waals surface area contributed by atoms with E-state index in [0.717, 1.165) is 24.8 Å². The van der Waals surface area contributed by atoms with Gasteiger partial charge in [0.15, 0.2) is 0 Å². The monoisotopic (exact) mass is 298 g/mol. The maximum Gasteiger partial charge on any atom is 0.336 e. The van der Waals surface area contributed by atoms with Crippen LogP contribution in [-0.2, 0) is 20.7 Å². The Kier molecular flexibility index (Phi) is 3.15. The van der Waals surface area contributed by atoms with E-state index in [0.29, 0.717) is 17.8 Å². The molecule has 1 aliphatic heterocycles. The van der Waals surface area contributed by atoms with Crippen LogP contribution in [0, 0.1) is 17.8 Å². The minimum absolute atomic E-state index is 0.190. The van der Waals surface area contributed by atoms with Gasteiger partial charge in [0.2, 0.25) is 0 Å². The molecule has 22 heavy (non-hydrogen) atoms. The minimum Gasteiger partial charge on any atom is -0.466 e. The van der Waals surface area contributed by atoms with Crippen molar-refractivity contribution in [1.82, 2.24) is 0 Å². The predicted molar refractivity (Wildman–Crippen MR) is 83.2 cm³/mol.